The minimum atomic E-state index is -0.231. The lowest BCUT2D eigenvalue weighted by atomic mass is 10.1. The van der Waals surface area contributed by atoms with Crippen LogP contribution in [-0.2, 0) is 19.5 Å². The van der Waals surface area contributed by atoms with Gasteiger partial charge in [-0.1, -0.05) is 29.5 Å². The van der Waals surface area contributed by atoms with Crippen molar-refractivity contribution in [2.75, 3.05) is 0 Å². The molecule has 142 valence electrons. The summed E-state index contributed by atoms with van der Waals surface area (Å²) in [6, 6.07) is 16.1. The molecule has 0 aliphatic carbocycles. The smallest absolute Gasteiger partial charge is 0.186 e. The highest BCUT2D eigenvalue weighted by molar-refractivity contribution is 5.97. The highest BCUT2D eigenvalue weighted by Crippen LogP contribution is 2.19. The number of aryl methyl sites for hydroxylation is 2. The number of hydrogen-bond donors (Lipinski definition) is 0. The monoisotopic (exact) mass is 376 g/mol. The van der Waals surface area contributed by atoms with Crippen LogP contribution in [0.1, 0.15) is 27.3 Å². The Hall–Kier alpha value is -3.28. The number of carbonyl (C=O) groups excluding carboxylic acids is 1. The summed E-state index contributed by atoms with van der Waals surface area (Å²) in [6.45, 7) is 4.86. The quantitative estimate of drug-likeness (QED) is 0.476. The van der Waals surface area contributed by atoms with Gasteiger partial charge in [-0.05, 0) is 56.2 Å². The van der Waals surface area contributed by atoms with E-state index in [1.807, 2.05) is 44.2 Å². The summed E-state index contributed by atoms with van der Waals surface area (Å²) < 4.78 is 16.8. The summed E-state index contributed by atoms with van der Waals surface area (Å²) in [7, 11) is 0. The fraction of sp³-hybridized carbons (Fsp3) is 0.227. The number of rotatable bonds is 6. The second-order valence-corrected chi connectivity index (χ2v) is 6.97. The SMILES string of the molecule is Cc1cc(C(=O)Cn2nnc3ccccc32)c(C)n1CCc1ccc(F)cc1. The van der Waals surface area contributed by atoms with Crippen molar-refractivity contribution < 1.29 is 9.18 Å². The van der Waals surface area contributed by atoms with E-state index in [1.54, 1.807) is 16.8 Å². The molecule has 2 aromatic heterocycles. The van der Waals surface area contributed by atoms with Crippen molar-refractivity contribution in [2.45, 2.75) is 33.4 Å². The zero-order valence-electron chi connectivity index (χ0n) is 15.9. The van der Waals surface area contributed by atoms with E-state index < -0.39 is 0 Å². The lowest BCUT2D eigenvalue weighted by Gasteiger charge is -2.10. The van der Waals surface area contributed by atoms with Crippen molar-refractivity contribution in [1.29, 1.82) is 0 Å². The molecule has 0 atom stereocenters. The van der Waals surface area contributed by atoms with E-state index >= 15 is 0 Å². The topological polar surface area (TPSA) is 52.7 Å². The van der Waals surface area contributed by atoms with Crippen LogP contribution in [0.4, 0.5) is 4.39 Å². The number of carbonyl (C=O) groups is 1. The Morgan fingerprint density at radius 3 is 2.61 bits per heavy atom. The molecule has 0 spiro atoms. The van der Waals surface area contributed by atoms with Gasteiger partial charge in [0.2, 0.25) is 0 Å². The van der Waals surface area contributed by atoms with E-state index in [2.05, 4.69) is 14.9 Å². The van der Waals surface area contributed by atoms with Gasteiger partial charge in [-0.15, -0.1) is 5.10 Å². The molecule has 0 aliphatic rings. The van der Waals surface area contributed by atoms with E-state index in [0.29, 0.717) is 5.56 Å². The van der Waals surface area contributed by atoms with Gasteiger partial charge in [-0.2, -0.15) is 0 Å². The molecular formula is C22H21FN4O. The molecule has 2 heterocycles. The first-order chi connectivity index (χ1) is 13.5. The fourth-order valence-corrected chi connectivity index (χ4v) is 3.57. The first kappa shape index (κ1) is 18.1. The Balaban J connectivity index is 1.52. The molecule has 0 amide bonds. The van der Waals surface area contributed by atoms with Crippen LogP contribution in [0, 0.1) is 19.7 Å². The zero-order valence-corrected chi connectivity index (χ0v) is 15.9. The second-order valence-electron chi connectivity index (χ2n) is 6.97. The zero-order chi connectivity index (χ0) is 19.7. The highest BCUT2D eigenvalue weighted by Gasteiger charge is 2.17. The molecule has 2 aromatic carbocycles. The molecule has 0 N–H and O–H groups in total. The van der Waals surface area contributed by atoms with Gasteiger partial charge in [0.1, 0.15) is 17.9 Å². The number of fused-ring (bicyclic) bond motifs is 1. The van der Waals surface area contributed by atoms with Gasteiger partial charge >= 0.3 is 0 Å². The predicted octanol–water partition coefficient (Wildman–Crippen LogP) is 4.11. The third-order valence-corrected chi connectivity index (χ3v) is 5.13. The third-order valence-electron chi connectivity index (χ3n) is 5.13. The Morgan fingerprint density at radius 2 is 1.82 bits per heavy atom. The van der Waals surface area contributed by atoms with Crippen LogP contribution in [0.25, 0.3) is 11.0 Å². The van der Waals surface area contributed by atoms with Crippen molar-refractivity contribution in [3.63, 3.8) is 0 Å². The molecule has 5 nitrogen and oxygen atoms in total. The van der Waals surface area contributed by atoms with E-state index in [-0.39, 0.29) is 18.1 Å². The van der Waals surface area contributed by atoms with Crippen molar-refractivity contribution >= 4 is 16.8 Å². The highest BCUT2D eigenvalue weighted by atomic mass is 19.1. The lowest BCUT2D eigenvalue weighted by molar-refractivity contribution is 0.0967. The Morgan fingerprint density at radius 1 is 1.07 bits per heavy atom. The minimum absolute atomic E-state index is 0.0109. The Kier molecular flexibility index (Phi) is 4.77. The largest absolute Gasteiger partial charge is 0.348 e. The van der Waals surface area contributed by atoms with Crippen LogP contribution in [-0.4, -0.2) is 25.3 Å². The van der Waals surface area contributed by atoms with E-state index in [0.717, 1.165) is 41.0 Å². The van der Waals surface area contributed by atoms with Gasteiger partial charge in [0.05, 0.1) is 5.52 Å². The van der Waals surface area contributed by atoms with E-state index in [1.165, 1.54) is 12.1 Å². The number of hydrogen-bond acceptors (Lipinski definition) is 3. The van der Waals surface area contributed by atoms with Crippen molar-refractivity contribution in [2.24, 2.45) is 0 Å². The van der Waals surface area contributed by atoms with Gasteiger partial charge in [0.15, 0.2) is 5.78 Å². The molecule has 0 saturated heterocycles. The van der Waals surface area contributed by atoms with Crippen molar-refractivity contribution in [3.05, 3.63) is 82.9 Å². The molecule has 0 bridgehead atoms. The average molecular weight is 376 g/mol. The predicted molar refractivity (Wildman–Crippen MR) is 106 cm³/mol. The fourth-order valence-electron chi connectivity index (χ4n) is 3.57. The first-order valence-corrected chi connectivity index (χ1v) is 9.25. The van der Waals surface area contributed by atoms with Crippen LogP contribution >= 0.6 is 0 Å². The van der Waals surface area contributed by atoms with Gasteiger partial charge < -0.3 is 4.57 Å². The summed E-state index contributed by atoms with van der Waals surface area (Å²) in [4.78, 5) is 12.9. The summed E-state index contributed by atoms with van der Waals surface area (Å²) in [5.41, 5.74) is 5.37. The van der Waals surface area contributed by atoms with E-state index in [4.69, 9.17) is 0 Å². The molecular weight excluding hydrogens is 355 g/mol. The minimum Gasteiger partial charge on any atom is -0.348 e. The number of halogens is 1. The molecule has 28 heavy (non-hydrogen) atoms. The maximum Gasteiger partial charge on any atom is 0.186 e. The molecule has 0 unspecified atom stereocenters. The van der Waals surface area contributed by atoms with Gasteiger partial charge in [-0.3, -0.25) is 4.79 Å². The summed E-state index contributed by atoms with van der Waals surface area (Å²) in [5.74, 6) is -0.220. The van der Waals surface area contributed by atoms with Gasteiger partial charge in [0.25, 0.3) is 0 Å². The number of Topliss-reactive ketones (excluding diaryl/α,β-unsaturated/α-hetero) is 1. The molecule has 0 saturated carbocycles. The summed E-state index contributed by atoms with van der Waals surface area (Å²) >= 11 is 0. The normalized spacial score (nSPS) is 11.2. The van der Waals surface area contributed by atoms with Crippen LogP contribution < -0.4 is 0 Å². The van der Waals surface area contributed by atoms with Crippen LogP contribution in [0.5, 0.6) is 0 Å². The van der Waals surface area contributed by atoms with Crippen LogP contribution in [0.2, 0.25) is 0 Å². The van der Waals surface area contributed by atoms with Gasteiger partial charge in [0, 0.05) is 23.5 Å². The molecule has 4 rings (SSSR count). The van der Waals surface area contributed by atoms with E-state index in [9.17, 15) is 9.18 Å². The molecule has 0 radical (unpaired) electrons. The first-order valence-electron chi connectivity index (χ1n) is 9.25. The molecule has 4 aromatic rings. The van der Waals surface area contributed by atoms with Crippen molar-refractivity contribution in [3.8, 4) is 0 Å². The molecule has 0 fully saturated rings. The number of ketones is 1. The number of benzene rings is 2. The van der Waals surface area contributed by atoms with Crippen molar-refractivity contribution in [1.82, 2.24) is 19.6 Å². The summed E-state index contributed by atoms with van der Waals surface area (Å²) in [5, 5.41) is 8.22. The maximum atomic E-state index is 13.1. The molecule has 6 heteroatoms. The number of aromatic nitrogens is 4. The third kappa shape index (κ3) is 3.45. The van der Waals surface area contributed by atoms with Gasteiger partial charge in [-0.25, -0.2) is 9.07 Å². The lowest BCUT2D eigenvalue weighted by Crippen LogP contribution is -2.13. The number of nitrogens with zero attached hydrogens (tertiary/aromatic N) is 4. The number of para-hydroxylation sites is 1. The standard InChI is InChI=1S/C22H21FN4O/c1-15-13-19(16(2)26(15)12-11-17-7-9-18(23)10-8-17)22(28)14-27-21-6-4-3-5-20(21)24-25-27/h3-10,13H,11-12,14H2,1-2H3. The Labute approximate surface area is 162 Å². The Bertz CT molecular complexity index is 1140. The van der Waals surface area contributed by atoms with Crippen LogP contribution in [0.3, 0.4) is 0 Å². The molecule has 0 aliphatic heterocycles. The average Bonchev–Trinajstić information content (AvgIpc) is 3.22. The summed E-state index contributed by atoms with van der Waals surface area (Å²) in [6.07, 6.45) is 0.776. The second kappa shape index (κ2) is 7.38. The maximum absolute atomic E-state index is 13.1. The van der Waals surface area contributed by atoms with Crippen LogP contribution in [0.15, 0.2) is 54.6 Å².